The normalized spacial score (nSPS) is 14.2. The average molecular weight is 989 g/mol. The highest BCUT2D eigenvalue weighted by atomic mass is 16.5. The van der Waals surface area contributed by atoms with E-state index in [4.69, 9.17) is 37.9 Å². The summed E-state index contributed by atoms with van der Waals surface area (Å²) in [5.41, 5.74) is 15.0. The topological polar surface area (TPSA) is 73.8 Å². The van der Waals surface area contributed by atoms with Crippen molar-refractivity contribution in [3.05, 3.63) is 199 Å². The van der Waals surface area contributed by atoms with Crippen LogP contribution in [0.2, 0.25) is 0 Å². The molecule has 2 aliphatic heterocycles. The molecule has 0 spiro atoms. The molecule has 0 radical (unpaired) electrons. The zero-order valence-corrected chi connectivity index (χ0v) is 43.5. The Morgan fingerprint density at radius 3 is 0.865 bits per heavy atom. The third-order valence-electron chi connectivity index (χ3n) is 14.2. The first-order chi connectivity index (χ1) is 36.4. The molecule has 0 fully saturated rings. The molecule has 2 heterocycles. The van der Waals surface area contributed by atoms with E-state index in [0.717, 1.165) is 160 Å². The number of fused-ring (bicyclic) bond motifs is 12. The quantitative estimate of drug-likeness (QED) is 0.120. The summed E-state index contributed by atoms with van der Waals surface area (Å²) in [6.07, 6.45) is 5.74. The summed E-state index contributed by atoms with van der Waals surface area (Å²) in [6.45, 7) is 13.3. The van der Waals surface area contributed by atoms with E-state index in [1.807, 2.05) is 0 Å². The molecule has 0 saturated carbocycles. The molecular weight excluding hydrogens is 921 g/mol. The minimum Gasteiger partial charge on any atom is -0.493 e. The van der Waals surface area contributed by atoms with Gasteiger partial charge in [-0.2, -0.15) is 0 Å². The van der Waals surface area contributed by atoms with Crippen molar-refractivity contribution in [1.29, 1.82) is 0 Å². The molecule has 8 aromatic rings. The van der Waals surface area contributed by atoms with E-state index in [1.54, 1.807) is 0 Å². The van der Waals surface area contributed by atoms with Crippen molar-refractivity contribution in [1.82, 2.24) is 0 Å². The van der Waals surface area contributed by atoms with Crippen molar-refractivity contribution in [2.75, 3.05) is 26.4 Å². The van der Waals surface area contributed by atoms with Crippen LogP contribution in [0.4, 0.5) is 0 Å². The van der Waals surface area contributed by atoms with Crippen molar-refractivity contribution in [3.8, 4) is 34.5 Å². The maximum atomic E-state index is 6.99. The van der Waals surface area contributed by atoms with Crippen molar-refractivity contribution < 1.29 is 37.9 Å². The van der Waals surface area contributed by atoms with Crippen LogP contribution in [0.15, 0.2) is 121 Å². The van der Waals surface area contributed by atoms with Gasteiger partial charge in [-0.15, -0.1) is 0 Å². The molecule has 0 N–H and O–H groups in total. The van der Waals surface area contributed by atoms with E-state index < -0.39 is 0 Å². The van der Waals surface area contributed by atoms with Crippen molar-refractivity contribution >= 4 is 21.5 Å². The van der Waals surface area contributed by atoms with Gasteiger partial charge in [0.2, 0.25) is 0 Å². The van der Waals surface area contributed by atoms with Gasteiger partial charge in [0, 0.05) is 36.8 Å². The minimum absolute atomic E-state index is 0.361. The first-order valence-corrected chi connectivity index (χ1v) is 27.0. The molecule has 12 bridgehead atoms. The van der Waals surface area contributed by atoms with E-state index in [0.29, 0.717) is 91.8 Å². The van der Waals surface area contributed by atoms with Crippen LogP contribution >= 0.6 is 0 Å². The molecule has 1 aliphatic carbocycles. The molecule has 3 aliphatic rings. The van der Waals surface area contributed by atoms with Gasteiger partial charge < -0.3 is 37.9 Å². The molecule has 0 unspecified atom stereocenters. The Balaban J connectivity index is 1.18. The fraction of sp³-hybridized carbons (Fsp3) is 0.333. The highest BCUT2D eigenvalue weighted by Crippen LogP contribution is 2.42. The number of hydrogen-bond donors (Lipinski definition) is 0. The van der Waals surface area contributed by atoms with Crippen LogP contribution < -0.4 is 28.4 Å². The molecule has 0 saturated heterocycles. The largest absolute Gasteiger partial charge is 0.493 e. The molecule has 380 valence electrons. The van der Waals surface area contributed by atoms with Crippen LogP contribution in [0.25, 0.3) is 21.5 Å². The van der Waals surface area contributed by atoms with Gasteiger partial charge in [-0.1, -0.05) is 76.2 Å². The second-order valence-electron chi connectivity index (χ2n) is 20.3. The summed E-state index contributed by atoms with van der Waals surface area (Å²) in [4.78, 5) is 0. The van der Waals surface area contributed by atoms with Crippen LogP contribution in [-0.4, -0.2) is 26.4 Å². The highest BCUT2D eigenvalue weighted by Gasteiger charge is 2.26. The fourth-order valence-corrected chi connectivity index (χ4v) is 11.0. The summed E-state index contributed by atoms with van der Waals surface area (Å²) < 4.78 is 55.2. The zero-order valence-electron chi connectivity index (χ0n) is 43.5. The standard InChI is InChI=1S/C66H68O8/c1-5-17-69-63-51-21-43-23-53(63)33-57-27-46-26-56(66(57)72-20-8-4)32-52-22-44(38-68-42-60-30-48-14-10-12-16-50(48)36-62(60)74-40-46)24-54(64(52)70-18-6-2)34-58-28-45(25-55(31-51)65(58)71-19-7-3)39-73-61-35-49-15-11-9-13-47(49)29-59(61)41-67-37-43/h9-16,21-30,35-36H,5-8,17-20,31-34,37-42H2,1-4H3. The van der Waals surface area contributed by atoms with Gasteiger partial charge in [-0.3, -0.25) is 0 Å². The number of ether oxygens (including phenoxy) is 8. The van der Waals surface area contributed by atoms with Gasteiger partial charge in [0.15, 0.2) is 0 Å². The van der Waals surface area contributed by atoms with Crippen LogP contribution in [0.5, 0.6) is 34.5 Å². The molecule has 0 amide bonds. The van der Waals surface area contributed by atoms with E-state index in [1.165, 1.54) is 0 Å². The van der Waals surface area contributed by atoms with Crippen LogP contribution in [0.3, 0.4) is 0 Å². The van der Waals surface area contributed by atoms with Crippen molar-refractivity contribution in [3.63, 3.8) is 0 Å². The molecule has 11 rings (SSSR count). The van der Waals surface area contributed by atoms with Gasteiger partial charge in [0.25, 0.3) is 0 Å². The lowest BCUT2D eigenvalue weighted by atomic mass is 9.88. The van der Waals surface area contributed by atoms with Gasteiger partial charge in [0.05, 0.1) is 52.9 Å². The van der Waals surface area contributed by atoms with E-state index in [9.17, 15) is 0 Å². The fourth-order valence-electron chi connectivity index (χ4n) is 11.0. The second-order valence-corrected chi connectivity index (χ2v) is 20.3. The summed E-state index contributed by atoms with van der Waals surface area (Å²) in [6, 6.07) is 44.0. The maximum Gasteiger partial charge on any atom is 0.126 e. The predicted molar refractivity (Wildman–Crippen MR) is 294 cm³/mol. The van der Waals surface area contributed by atoms with Crippen LogP contribution in [-0.2, 0) is 74.8 Å². The second kappa shape index (κ2) is 22.6. The molecule has 74 heavy (non-hydrogen) atoms. The van der Waals surface area contributed by atoms with Crippen LogP contribution in [0, 0.1) is 0 Å². The Labute approximate surface area is 436 Å². The molecule has 8 aromatic carbocycles. The minimum atomic E-state index is 0.361. The first kappa shape index (κ1) is 49.2. The zero-order chi connectivity index (χ0) is 50.4. The third kappa shape index (κ3) is 10.8. The summed E-state index contributed by atoms with van der Waals surface area (Å²) in [5, 5.41) is 4.55. The number of hydrogen-bond acceptors (Lipinski definition) is 8. The Bertz CT molecular complexity index is 3100. The lowest BCUT2D eigenvalue weighted by Gasteiger charge is -2.25. The average Bonchev–Trinajstić information content (AvgIpc) is 3.40. The molecular formula is C66H68O8. The Morgan fingerprint density at radius 1 is 0.311 bits per heavy atom. The first-order valence-electron chi connectivity index (χ1n) is 27.0. The SMILES string of the molecule is CCCOc1c2cc3cc1Cc1cc4cc(c1OCCC)Cc1cc(cc(c1OCCC)Cc1cc(cc(c1OCCC)C2)COc1cc2ccccc2cc1COC3)COCc1cc2ccccc2cc1OC4. The van der Waals surface area contributed by atoms with Gasteiger partial charge >= 0.3 is 0 Å². The smallest absolute Gasteiger partial charge is 0.126 e. The van der Waals surface area contributed by atoms with Crippen molar-refractivity contribution in [2.45, 2.75) is 119 Å². The Morgan fingerprint density at radius 2 is 0.581 bits per heavy atom. The maximum absolute atomic E-state index is 6.99. The molecule has 0 aromatic heterocycles. The Hall–Kier alpha value is -7.00. The van der Waals surface area contributed by atoms with Gasteiger partial charge in [-0.05, 0) is 187 Å². The van der Waals surface area contributed by atoms with Gasteiger partial charge in [0.1, 0.15) is 47.7 Å². The van der Waals surface area contributed by atoms with Gasteiger partial charge in [-0.25, -0.2) is 0 Å². The molecule has 8 heteroatoms. The lowest BCUT2D eigenvalue weighted by molar-refractivity contribution is 0.104. The monoisotopic (exact) mass is 988 g/mol. The summed E-state index contributed by atoms with van der Waals surface area (Å²) >= 11 is 0. The predicted octanol–water partition coefficient (Wildman–Crippen LogP) is 15.0. The van der Waals surface area contributed by atoms with Crippen molar-refractivity contribution in [2.24, 2.45) is 0 Å². The van der Waals surface area contributed by atoms with E-state index >= 15 is 0 Å². The van der Waals surface area contributed by atoms with E-state index in [-0.39, 0.29) is 0 Å². The number of benzene rings is 8. The summed E-state index contributed by atoms with van der Waals surface area (Å²) in [5.74, 6) is 5.22. The molecule has 0 atom stereocenters. The highest BCUT2D eigenvalue weighted by molar-refractivity contribution is 5.86. The van der Waals surface area contributed by atoms with Crippen LogP contribution in [0.1, 0.15) is 131 Å². The lowest BCUT2D eigenvalue weighted by Crippen LogP contribution is -2.13. The molecule has 8 nitrogen and oxygen atoms in total. The third-order valence-corrected chi connectivity index (χ3v) is 14.2. The van der Waals surface area contributed by atoms with E-state index in [2.05, 4.69) is 149 Å². The Kier molecular flexibility index (Phi) is 15.1. The summed E-state index contributed by atoms with van der Waals surface area (Å²) in [7, 11) is 0. The number of rotatable bonds is 12.